The molecule has 0 bridgehead atoms. The SMILES string of the molecule is CC(C)NCCOc1ccc2c(c1)CN(C(=O)c1cc3c(Cc4ccccc4)n[nH]c3cc1O)C2. The number of rotatable bonds is 8. The summed E-state index contributed by atoms with van der Waals surface area (Å²) in [5.41, 5.74) is 5.15. The summed E-state index contributed by atoms with van der Waals surface area (Å²) >= 11 is 0. The van der Waals surface area contributed by atoms with Gasteiger partial charge in [-0.1, -0.05) is 50.2 Å². The van der Waals surface area contributed by atoms with Gasteiger partial charge in [0.05, 0.1) is 16.8 Å². The third-order valence-electron chi connectivity index (χ3n) is 6.31. The lowest BCUT2D eigenvalue weighted by Crippen LogP contribution is -2.27. The van der Waals surface area contributed by atoms with Crippen molar-refractivity contribution in [2.24, 2.45) is 0 Å². The number of hydrogen-bond donors (Lipinski definition) is 3. The monoisotopic (exact) mass is 470 g/mol. The summed E-state index contributed by atoms with van der Waals surface area (Å²) in [5.74, 6) is 0.558. The molecule has 0 saturated heterocycles. The van der Waals surface area contributed by atoms with E-state index in [1.54, 1.807) is 17.0 Å². The molecule has 0 atom stereocenters. The minimum Gasteiger partial charge on any atom is -0.507 e. The quantitative estimate of drug-likeness (QED) is 0.332. The molecule has 7 nitrogen and oxygen atoms in total. The van der Waals surface area contributed by atoms with Gasteiger partial charge in [0.1, 0.15) is 18.1 Å². The summed E-state index contributed by atoms with van der Waals surface area (Å²) in [6, 6.07) is 19.8. The van der Waals surface area contributed by atoms with Crippen LogP contribution in [-0.2, 0) is 19.5 Å². The highest BCUT2D eigenvalue weighted by Crippen LogP contribution is 2.32. The first-order chi connectivity index (χ1) is 17.0. The summed E-state index contributed by atoms with van der Waals surface area (Å²) in [7, 11) is 0. The standard InChI is InChI=1S/C28H30N4O3/c1-18(2)29-10-11-35-22-9-8-20-16-32(17-21(20)13-22)28(34)24-14-23-25(12-19-6-4-3-5-7-19)30-31-26(23)15-27(24)33/h3-9,13-15,18,29,33H,10-12,16-17H2,1-2H3,(H,30,31). The number of ether oxygens (including phenoxy) is 1. The van der Waals surface area contributed by atoms with Gasteiger partial charge in [0.2, 0.25) is 0 Å². The molecule has 5 rings (SSSR count). The van der Waals surface area contributed by atoms with Gasteiger partial charge in [0, 0.05) is 43.5 Å². The van der Waals surface area contributed by atoms with Crippen LogP contribution in [-0.4, -0.2) is 45.3 Å². The van der Waals surface area contributed by atoms with E-state index in [1.807, 2.05) is 48.5 Å². The Morgan fingerprint density at radius 2 is 1.91 bits per heavy atom. The van der Waals surface area contributed by atoms with Crippen molar-refractivity contribution in [3.63, 3.8) is 0 Å². The second-order valence-electron chi connectivity index (χ2n) is 9.30. The van der Waals surface area contributed by atoms with Gasteiger partial charge in [-0.05, 0) is 34.9 Å². The maximum atomic E-state index is 13.4. The largest absolute Gasteiger partial charge is 0.507 e. The number of nitrogens with one attached hydrogen (secondary N) is 2. The number of H-pyrrole nitrogens is 1. The van der Waals surface area contributed by atoms with Crippen molar-refractivity contribution in [1.29, 1.82) is 0 Å². The average Bonchev–Trinajstić information content (AvgIpc) is 3.45. The highest BCUT2D eigenvalue weighted by molar-refractivity contribution is 6.01. The van der Waals surface area contributed by atoms with Gasteiger partial charge in [-0.2, -0.15) is 5.10 Å². The van der Waals surface area contributed by atoms with E-state index in [0.29, 0.717) is 37.7 Å². The molecule has 1 aromatic heterocycles. The molecule has 2 heterocycles. The van der Waals surface area contributed by atoms with Crippen molar-refractivity contribution in [3.05, 3.63) is 88.6 Å². The molecule has 0 unspecified atom stereocenters. The van der Waals surface area contributed by atoms with Crippen molar-refractivity contribution in [1.82, 2.24) is 20.4 Å². The number of fused-ring (bicyclic) bond motifs is 2. The average molecular weight is 471 g/mol. The minimum absolute atomic E-state index is 0.0463. The van der Waals surface area contributed by atoms with Crippen LogP contribution in [0.15, 0.2) is 60.7 Å². The summed E-state index contributed by atoms with van der Waals surface area (Å²) in [6.45, 7) is 6.56. The van der Waals surface area contributed by atoms with Crippen LogP contribution in [0.1, 0.15) is 46.6 Å². The number of carbonyl (C=O) groups excluding carboxylic acids is 1. The molecule has 1 aliphatic heterocycles. The van der Waals surface area contributed by atoms with Crippen molar-refractivity contribution >= 4 is 16.8 Å². The lowest BCUT2D eigenvalue weighted by atomic mass is 10.0. The van der Waals surface area contributed by atoms with E-state index < -0.39 is 0 Å². The van der Waals surface area contributed by atoms with Crippen molar-refractivity contribution in [2.45, 2.75) is 39.4 Å². The first-order valence-electron chi connectivity index (χ1n) is 12.0. The van der Waals surface area contributed by atoms with Crippen molar-refractivity contribution in [2.75, 3.05) is 13.2 Å². The molecule has 0 saturated carbocycles. The van der Waals surface area contributed by atoms with Gasteiger partial charge >= 0.3 is 0 Å². The molecule has 3 N–H and O–H groups in total. The molecule has 1 aliphatic rings. The van der Waals surface area contributed by atoms with Crippen LogP contribution in [0.25, 0.3) is 10.9 Å². The fourth-order valence-electron chi connectivity index (χ4n) is 4.49. The van der Waals surface area contributed by atoms with Crippen LogP contribution in [0, 0.1) is 0 Å². The number of amides is 1. The Kier molecular flexibility index (Phi) is 6.42. The third-order valence-corrected chi connectivity index (χ3v) is 6.31. The summed E-state index contributed by atoms with van der Waals surface area (Å²) in [4.78, 5) is 15.2. The first-order valence-corrected chi connectivity index (χ1v) is 12.0. The van der Waals surface area contributed by atoms with E-state index in [9.17, 15) is 9.90 Å². The summed E-state index contributed by atoms with van der Waals surface area (Å²) in [6.07, 6.45) is 0.643. The maximum absolute atomic E-state index is 13.4. The van der Waals surface area contributed by atoms with Crippen LogP contribution in [0.4, 0.5) is 0 Å². The second kappa shape index (κ2) is 9.80. The number of phenols is 1. The van der Waals surface area contributed by atoms with Gasteiger partial charge in [-0.15, -0.1) is 0 Å². The van der Waals surface area contributed by atoms with Gasteiger partial charge in [0.15, 0.2) is 0 Å². The molecule has 1 amide bonds. The molecular formula is C28H30N4O3. The van der Waals surface area contributed by atoms with Crippen LogP contribution >= 0.6 is 0 Å². The van der Waals surface area contributed by atoms with E-state index in [0.717, 1.165) is 40.1 Å². The molecule has 4 aromatic rings. The molecule has 35 heavy (non-hydrogen) atoms. The zero-order chi connectivity index (χ0) is 24.4. The predicted octanol–water partition coefficient (Wildman–Crippen LogP) is 4.39. The Morgan fingerprint density at radius 3 is 2.71 bits per heavy atom. The number of hydrogen-bond acceptors (Lipinski definition) is 5. The highest BCUT2D eigenvalue weighted by atomic mass is 16.5. The van der Waals surface area contributed by atoms with Gasteiger partial charge in [0.25, 0.3) is 5.91 Å². The smallest absolute Gasteiger partial charge is 0.258 e. The Balaban J connectivity index is 1.32. The van der Waals surface area contributed by atoms with Crippen LogP contribution in [0.2, 0.25) is 0 Å². The van der Waals surface area contributed by atoms with E-state index in [2.05, 4.69) is 29.4 Å². The Hall–Kier alpha value is -3.84. The number of benzene rings is 3. The number of aromatic amines is 1. The molecule has 0 spiro atoms. The number of phenolic OH excluding ortho intramolecular Hbond substituents is 1. The number of aromatic nitrogens is 2. The predicted molar refractivity (Wildman–Crippen MR) is 136 cm³/mol. The van der Waals surface area contributed by atoms with Gasteiger partial charge in [-0.25, -0.2) is 0 Å². The fraction of sp³-hybridized carbons (Fsp3) is 0.286. The second-order valence-corrected chi connectivity index (χ2v) is 9.30. The Morgan fingerprint density at radius 1 is 1.11 bits per heavy atom. The van der Waals surface area contributed by atoms with Gasteiger partial charge < -0.3 is 20.1 Å². The molecule has 7 heteroatoms. The van der Waals surface area contributed by atoms with Crippen molar-refractivity contribution in [3.8, 4) is 11.5 Å². The Bertz CT molecular complexity index is 1350. The van der Waals surface area contributed by atoms with Gasteiger partial charge in [-0.3, -0.25) is 9.89 Å². The van der Waals surface area contributed by atoms with E-state index in [1.165, 1.54) is 0 Å². The normalized spacial score (nSPS) is 12.9. The zero-order valence-electron chi connectivity index (χ0n) is 20.0. The van der Waals surface area contributed by atoms with Crippen LogP contribution in [0.5, 0.6) is 11.5 Å². The molecule has 0 fully saturated rings. The third kappa shape index (κ3) is 5.00. The Labute approximate surface area is 204 Å². The van der Waals surface area contributed by atoms with E-state index >= 15 is 0 Å². The molecule has 180 valence electrons. The van der Waals surface area contributed by atoms with E-state index in [4.69, 9.17) is 4.74 Å². The van der Waals surface area contributed by atoms with E-state index in [-0.39, 0.29) is 17.2 Å². The number of carbonyl (C=O) groups is 1. The molecule has 0 aliphatic carbocycles. The molecule has 0 radical (unpaired) electrons. The molecular weight excluding hydrogens is 440 g/mol. The highest BCUT2D eigenvalue weighted by Gasteiger charge is 2.27. The lowest BCUT2D eigenvalue weighted by molar-refractivity contribution is 0.0748. The van der Waals surface area contributed by atoms with Crippen LogP contribution in [0.3, 0.4) is 0 Å². The van der Waals surface area contributed by atoms with Crippen molar-refractivity contribution < 1.29 is 14.6 Å². The lowest BCUT2D eigenvalue weighted by Gasteiger charge is -2.16. The maximum Gasteiger partial charge on any atom is 0.258 e. The number of aromatic hydroxyl groups is 1. The topological polar surface area (TPSA) is 90.5 Å². The minimum atomic E-state index is -0.198. The summed E-state index contributed by atoms with van der Waals surface area (Å²) < 4.78 is 5.87. The summed E-state index contributed by atoms with van der Waals surface area (Å²) in [5, 5.41) is 22.2. The number of nitrogens with zero attached hydrogens (tertiary/aromatic N) is 2. The first kappa shape index (κ1) is 22.9. The zero-order valence-corrected chi connectivity index (χ0v) is 20.0. The fourth-order valence-corrected chi connectivity index (χ4v) is 4.49. The molecule has 3 aromatic carbocycles. The van der Waals surface area contributed by atoms with Crippen LogP contribution < -0.4 is 10.1 Å².